The number of allylic oxidation sites excluding steroid dienone is 6. The van der Waals surface area contributed by atoms with Gasteiger partial charge in [-0.1, -0.05) is 140 Å². The zero-order valence-electron chi connectivity index (χ0n) is 37.0. The van der Waals surface area contributed by atoms with Crippen molar-refractivity contribution in [3.8, 4) is 0 Å². The average Bonchev–Trinajstić information content (AvgIpc) is 3.23. The van der Waals surface area contributed by atoms with Gasteiger partial charge in [0.15, 0.2) is 6.10 Å². The maximum absolute atomic E-state index is 12.8. The topological polar surface area (TPSA) is 210 Å². The summed E-state index contributed by atoms with van der Waals surface area (Å²) in [6, 6.07) is 0. The Morgan fingerprint density at radius 2 is 0.900 bits per heavy atom. The summed E-state index contributed by atoms with van der Waals surface area (Å²) in [5.41, 5.74) is 0. The Labute approximate surface area is 361 Å². The lowest BCUT2D eigenvalue weighted by atomic mass is 9.85. The van der Waals surface area contributed by atoms with Crippen LogP contribution in [0.2, 0.25) is 0 Å². The lowest BCUT2D eigenvalue weighted by Crippen LogP contribution is -2.64. The summed E-state index contributed by atoms with van der Waals surface area (Å²) in [5.74, 6) is -1.12. The number of hydrogen-bond acceptors (Lipinski definition) is 12. The number of rotatable bonds is 38. The number of esters is 2. The van der Waals surface area contributed by atoms with Gasteiger partial charge in [-0.05, 0) is 70.6 Å². The highest BCUT2D eigenvalue weighted by Crippen LogP contribution is 2.47. The fourth-order valence-electron chi connectivity index (χ4n) is 6.90. The van der Waals surface area contributed by atoms with Gasteiger partial charge in [-0.3, -0.25) is 18.6 Å². The van der Waals surface area contributed by atoms with Gasteiger partial charge in [-0.15, -0.1) is 0 Å². The normalized spacial score (nSPS) is 22.5. The number of ether oxygens (including phenoxy) is 2. The number of unbranched alkanes of at least 4 members (excludes halogenated alkanes) is 20. The summed E-state index contributed by atoms with van der Waals surface area (Å²) in [7, 11) is -5.12. The van der Waals surface area contributed by atoms with Gasteiger partial charge >= 0.3 is 19.8 Å². The molecular weight excluding hydrogens is 791 g/mol. The van der Waals surface area contributed by atoms with Crippen molar-refractivity contribution >= 4 is 19.8 Å². The third-order valence-electron chi connectivity index (χ3n) is 10.7. The minimum absolute atomic E-state index is 0.0793. The lowest BCUT2D eigenvalue weighted by molar-refractivity contribution is -0.220. The predicted molar refractivity (Wildman–Crippen MR) is 235 cm³/mol. The van der Waals surface area contributed by atoms with Gasteiger partial charge in [0.2, 0.25) is 0 Å². The molecule has 13 nitrogen and oxygen atoms in total. The minimum atomic E-state index is -5.12. The van der Waals surface area contributed by atoms with Crippen molar-refractivity contribution in [2.75, 3.05) is 13.2 Å². The Morgan fingerprint density at radius 3 is 1.38 bits per heavy atom. The second kappa shape index (κ2) is 36.5. The Hall–Kier alpha value is -1.93. The molecule has 0 aromatic rings. The van der Waals surface area contributed by atoms with E-state index in [9.17, 15) is 44.6 Å². The van der Waals surface area contributed by atoms with Crippen LogP contribution in [0.1, 0.15) is 187 Å². The van der Waals surface area contributed by atoms with Gasteiger partial charge in [0.1, 0.15) is 43.2 Å². The number of hydrogen-bond donors (Lipinski definition) is 6. The van der Waals surface area contributed by atoms with E-state index in [4.69, 9.17) is 18.5 Å². The van der Waals surface area contributed by atoms with E-state index in [0.717, 1.165) is 83.5 Å². The molecule has 350 valence electrons. The Kier molecular flexibility index (Phi) is 34.2. The molecule has 0 aliphatic heterocycles. The highest BCUT2D eigenvalue weighted by atomic mass is 31.2. The summed E-state index contributed by atoms with van der Waals surface area (Å²) >= 11 is 0. The van der Waals surface area contributed by atoms with Crippen LogP contribution >= 0.6 is 7.82 Å². The highest BCUT2D eigenvalue weighted by molar-refractivity contribution is 7.47. The van der Waals surface area contributed by atoms with Crippen LogP contribution in [0.3, 0.4) is 0 Å². The van der Waals surface area contributed by atoms with Crippen LogP contribution in [0.5, 0.6) is 0 Å². The molecule has 14 heteroatoms. The summed E-state index contributed by atoms with van der Waals surface area (Å²) in [5, 5.41) is 50.1. The van der Waals surface area contributed by atoms with Gasteiger partial charge in [0.25, 0.3) is 0 Å². The van der Waals surface area contributed by atoms with Crippen LogP contribution in [0.25, 0.3) is 0 Å². The first-order valence-corrected chi connectivity index (χ1v) is 24.8. The van der Waals surface area contributed by atoms with Crippen molar-refractivity contribution in [2.45, 2.75) is 230 Å². The highest BCUT2D eigenvalue weighted by Gasteiger charge is 2.51. The quantitative estimate of drug-likeness (QED) is 0.0148. The smallest absolute Gasteiger partial charge is 0.462 e. The third kappa shape index (κ3) is 28.6. The largest absolute Gasteiger partial charge is 0.472 e. The second-order valence-corrected chi connectivity index (χ2v) is 17.7. The van der Waals surface area contributed by atoms with Gasteiger partial charge in [0, 0.05) is 12.8 Å². The van der Waals surface area contributed by atoms with E-state index in [0.29, 0.717) is 12.8 Å². The minimum Gasteiger partial charge on any atom is -0.462 e. The van der Waals surface area contributed by atoms with E-state index in [-0.39, 0.29) is 12.8 Å². The maximum Gasteiger partial charge on any atom is 0.472 e. The molecule has 1 rings (SSSR count). The van der Waals surface area contributed by atoms with Crippen molar-refractivity contribution in [3.05, 3.63) is 36.5 Å². The SMILES string of the molecule is CCCCCC/C=C\C/C=C\CCCCCCCC(=O)OC(COC(=O)CCCCCCC/C=C\CCCCCCCC)COP(=O)(O)OC1C(O)C(O)C(O)C(O)C1O. The molecule has 0 heterocycles. The fourth-order valence-corrected chi connectivity index (χ4v) is 7.87. The molecule has 0 aromatic heterocycles. The number of aliphatic hydroxyl groups is 5. The molecule has 0 radical (unpaired) electrons. The van der Waals surface area contributed by atoms with Crippen LogP contribution in [0.15, 0.2) is 36.5 Å². The zero-order chi connectivity index (χ0) is 44.3. The van der Waals surface area contributed by atoms with Crippen molar-refractivity contribution in [1.82, 2.24) is 0 Å². The van der Waals surface area contributed by atoms with Crippen LogP contribution < -0.4 is 0 Å². The fraction of sp³-hybridized carbons (Fsp3) is 0.826. The monoisotopic (exact) mass is 875 g/mol. The maximum atomic E-state index is 12.8. The molecule has 6 atom stereocenters. The number of carbonyl (C=O) groups is 2. The molecule has 1 fully saturated rings. The molecule has 1 aliphatic rings. The zero-order valence-corrected chi connectivity index (χ0v) is 37.9. The van der Waals surface area contributed by atoms with Crippen LogP contribution in [-0.2, 0) is 32.7 Å². The van der Waals surface area contributed by atoms with Crippen molar-refractivity contribution in [3.63, 3.8) is 0 Å². The Morgan fingerprint density at radius 1 is 0.517 bits per heavy atom. The van der Waals surface area contributed by atoms with E-state index in [1.54, 1.807) is 0 Å². The second-order valence-electron chi connectivity index (χ2n) is 16.3. The van der Waals surface area contributed by atoms with E-state index < -0.39 is 75.7 Å². The van der Waals surface area contributed by atoms with Gasteiger partial charge in [-0.25, -0.2) is 4.57 Å². The molecule has 1 saturated carbocycles. The van der Waals surface area contributed by atoms with E-state index >= 15 is 0 Å². The summed E-state index contributed by atoms with van der Waals surface area (Å²) in [6.45, 7) is 3.26. The van der Waals surface area contributed by atoms with Crippen molar-refractivity contribution in [2.24, 2.45) is 0 Å². The van der Waals surface area contributed by atoms with E-state index in [1.807, 2.05) is 0 Å². The lowest BCUT2D eigenvalue weighted by Gasteiger charge is -2.41. The summed E-state index contributed by atoms with van der Waals surface area (Å²) in [6.07, 6.45) is 27.6. The van der Waals surface area contributed by atoms with Crippen LogP contribution in [0.4, 0.5) is 0 Å². The standard InChI is InChI=1S/C46H83O13P/c1-3-5-7-9-11-13-15-17-19-21-23-25-27-29-31-33-35-40(48)58-38(37-57-60(54,55)59-46-44(52)42(50)41(49)43(51)45(46)53)36-56-39(47)34-32-30-28-26-24-22-20-18-16-14-12-10-8-6-4-2/h13,15,18-21,38,41-46,49-53H,3-12,14,16-17,22-37H2,1-2H3,(H,54,55)/b15-13-,20-18-,21-19-. The molecule has 6 N–H and O–H groups in total. The number of phosphoric ester groups is 1. The van der Waals surface area contributed by atoms with Crippen molar-refractivity contribution in [1.29, 1.82) is 0 Å². The third-order valence-corrected chi connectivity index (χ3v) is 11.7. The molecule has 0 amide bonds. The molecule has 0 bridgehead atoms. The summed E-state index contributed by atoms with van der Waals surface area (Å²) < 4.78 is 33.5. The van der Waals surface area contributed by atoms with Gasteiger partial charge < -0.3 is 39.9 Å². The first kappa shape index (κ1) is 56.1. The molecule has 1 aliphatic carbocycles. The number of phosphoric acid groups is 1. The predicted octanol–water partition coefficient (Wildman–Crippen LogP) is 9.00. The van der Waals surface area contributed by atoms with Crippen molar-refractivity contribution < 1.29 is 63.1 Å². The number of aliphatic hydroxyl groups excluding tert-OH is 5. The molecular formula is C46H83O13P. The summed E-state index contributed by atoms with van der Waals surface area (Å²) in [4.78, 5) is 35.7. The van der Waals surface area contributed by atoms with E-state index in [2.05, 4.69) is 50.3 Å². The molecule has 0 saturated heterocycles. The molecule has 6 unspecified atom stereocenters. The number of carbonyl (C=O) groups excluding carboxylic acids is 2. The van der Waals surface area contributed by atoms with Crippen LogP contribution in [-0.4, -0.2) is 98.3 Å². The van der Waals surface area contributed by atoms with Gasteiger partial charge in [0.05, 0.1) is 6.61 Å². The van der Waals surface area contributed by atoms with E-state index in [1.165, 1.54) is 64.2 Å². The molecule has 0 spiro atoms. The first-order valence-electron chi connectivity index (χ1n) is 23.3. The molecule has 60 heavy (non-hydrogen) atoms. The average molecular weight is 875 g/mol. The van der Waals surface area contributed by atoms with Gasteiger partial charge in [-0.2, -0.15) is 0 Å². The Balaban J connectivity index is 2.48. The first-order chi connectivity index (χ1) is 28.9. The molecule has 0 aromatic carbocycles. The Bertz CT molecular complexity index is 1190. The van der Waals surface area contributed by atoms with Crippen LogP contribution in [0, 0.1) is 0 Å².